The molecule has 0 aliphatic rings. The number of methoxy groups -OCH3 is 1. The molecule has 0 unspecified atom stereocenters. The van der Waals surface area contributed by atoms with E-state index in [-0.39, 0.29) is 5.91 Å². The van der Waals surface area contributed by atoms with E-state index >= 15 is 0 Å². The minimum atomic E-state index is -0.0619. The molecule has 1 aromatic heterocycles. The summed E-state index contributed by atoms with van der Waals surface area (Å²) < 4.78 is 7.24. The van der Waals surface area contributed by atoms with E-state index in [0.29, 0.717) is 29.4 Å². The molecule has 0 spiro atoms. The number of benzene rings is 1. The summed E-state index contributed by atoms with van der Waals surface area (Å²) in [7, 11) is 1.55. The lowest BCUT2D eigenvalue weighted by molar-refractivity contribution is -0.695. The summed E-state index contributed by atoms with van der Waals surface area (Å²) in [6.07, 6.45) is 4.32. The molecular formula is C17H20ClN2O2+. The monoisotopic (exact) mass is 319 g/mol. The number of amides is 1. The number of halogens is 1. The third-order valence-corrected chi connectivity index (χ3v) is 3.82. The van der Waals surface area contributed by atoms with Gasteiger partial charge in [-0.25, -0.2) is 4.57 Å². The molecule has 5 heteroatoms. The van der Waals surface area contributed by atoms with Gasteiger partial charge < -0.3 is 10.1 Å². The number of ether oxygens (including phenoxy) is 1. The average Bonchev–Trinajstić information content (AvgIpc) is 2.50. The van der Waals surface area contributed by atoms with Crippen LogP contribution in [-0.4, -0.2) is 13.0 Å². The summed E-state index contributed by atoms with van der Waals surface area (Å²) >= 11 is 6.06. The predicted molar refractivity (Wildman–Crippen MR) is 87.4 cm³/mol. The number of hydrogen-bond acceptors (Lipinski definition) is 2. The van der Waals surface area contributed by atoms with Crippen molar-refractivity contribution in [2.45, 2.75) is 26.8 Å². The predicted octanol–water partition coefficient (Wildman–Crippen LogP) is 3.28. The van der Waals surface area contributed by atoms with Crippen LogP contribution in [0.4, 0.5) is 5.69 Å². The van der Waals surface area contributed by atoms with Crippen LogP contribution in [0.3, 0.4) is 0 Å². The molecule has 0 bridgehead atoms. The number of pyridine rings is 1. The second kappa shape index (κ2) is 7.27. The topological polar surface area (TPSA) is 42.2 Å². The third-order valence-electron chi connectivity index (χ3n) is 3.41. The fourth-order valence-electron chi connectivity index (χ4n) is 2.05. The molecule has 1 N–H and O–H groups in total. The van der Waals surface area contributed by atoms with Crippen molar-refractivity contribution in [2.75, 3.05) is 12.4 Å². The van der Waals surface area contributed by atoms with Gasteiger partial charge in [0.15, 0.2) is 18.9 Å². The number of carbonyl (C=O) groups excluding carboxylic acids is 1. The smallest absolute Gasteiger partial charge is 0.230 e. The van der Waals surface area contributed by atoms with Gasteiger partial charge in [0.1, 0.15) is 5.75 Å². The quantitative estimate of drug-likeness (QED) is 0.859. The van der Waals surface area contributed by atoms with Crippen molar-refractivity contribution in [2.24, 2.45) is 0 Å². The minimum absolute atomic E-state index is 0.0619. The molecule has 1 amide bonds. The highest BCUT2D eigenvalue weighted by molar-refractivity contribution is 6.31. The van der Waals surface area contributed by atoms with Gasteiger partial charge in [-0.3, -0.25) is 4.79 Å². The van der Waals surface area contributed by atoms with Crippen LogP contribution in [-0.2, 0) is 11.3 Å². The lowest BCUT2D eigenvalue weighted by atomic mass is 10.2. The lowest BCUT2D eigenvalue weighted by Crippen LogP contribution is -2.34. The number of aryl methyl sites for hydroxylation is 3. The Morgan fingerprint density at radius 2 is 1.95 bits per heavy atom. The Balaban J connectivity index is 2.00. The first kappa shape index (κ1) is 16.3. The summed E-state index contributed by atoms with van der Waals surface area (Å²) in [4.78, 5) is 12.1. The van der Waals surface area contributed by atoms with Crippen molar-refractivity contribution in [3.8, 4) is 5.75 Å². The van der Waals surface area contributed by atoms with Crippen molar-refractivity contribution in [1.82, 2.24) is 0 Å². The molecule has 0 saturated carbocycles. The van der Waals surface area contributed by atoms with Gasteiger partial charge in [-0.05, 0) is 31.0 Å². The third kappa shape index (κ3) is 4.21. The first-order chi connectivity index (χ1) is 10.5. The Morgan fingerprint density at radius 3 is 2.59 bits per heavy atom. The lowest BCUT2D eigenvalue weighted by Gasteiger charge is -2.11. The van der Waals surface area contributed by atoms with Crippen LogP contribution in [0.1, 0.15) is 17.5 Å². The molecule has 0 atom stereocenters. The highest BCUT2D eigenvalue weighted by Gasteiger charge is 2.12. The Kier molecular flexibility index (Phi) is 5.39. The molecule has 22 heavy (non-hydrogen) atoms. The van der Waals surface area contributed by atoms with Crippen molar-refractivity contribution >= 4 is 23.2 Å². The van der Waals surface area contributed by atoms with Gasteiger partial charge in [-0.15, -0.1) is 0 Å². The zero-order chi connectivity index (χ0) is 16.1. The molecule has 1 aromatic carbocycles. The largest absolute Gasteiger partial charge is 0.495 e. The number of hydrogen-bond donors (Lipinski definition) is 1. The molecule has 0 aliphatic heterocycles. The SMILES string of the molecule is COc1cc(Cl)c(C)cc1NC(=O)CC[n+]1ccc(C)cc1. The Labute approximate surface area is 135 Å². The van der Waals surface area contributed by atoms with Crippen molar-refractivity contribution in [1.29, 1.82) is 0 Å². The molecule has 116 valence electrons. The van der Waals surface area contributed by atoms with E-state index in [0.717, 1.165) is 5.56 Å². The van der Waals surface area contributed by atoms with Gasteiger partial charge in [-0.1, -0.05) is 11.6 Å². The van der Waals surface area contributed by atoms with E-state index < -0.39 is 0 Å². The minimum Gasteiger partial charge on any atom is -0.495 e. The van der Waals surface area contributed by atoms with Gasteiger partial charge in [0.05, 0.1) is 19.2 Å². The van der Waals surface area contributed by atoms with E-state index in [4.69, 9.17) is 16.3 Å². The van der Waals surface area contributed by atoms with E-state index in [1.54, 1.807) is 13.2 Å². The van der Waals surface area contributed by atoms with Gasteiger partial charge in [0, 0.05) is 23.2 Å². The van der Waals surface area contributed by atoms with Crippen LogP contribution in [0.2, 0.25) is 5.02 Å². The van der Waals surface area contributed by atoms with Crippen molar-refractivity contribution < 1.29 is 14.1 Å². The zero-order valence-corrected chi connectivity index (χ0v) is 13.8. The number of nitrogens with one attached hydrogen (secondary N) is 1. The normalized spacial score (nSPS) is 10.4. The van der Waals surface area contributed by atoms with Crippen LogP contribution in [0.25, 0.3) is 0 Å². The Bertz CT molecular complexity index is 669. The maximum atomic E-state index is 12.1. The van der Waals surface area contributed by atoms with Crippen LogP contribution >= 0.6 is 11.6 Å². The average molecular weight is 320 g/mol. The van der Waals surface area contributed by atoms with Crippen molar-refractivity contribution in [3.05, 3.63) is 52.8 Å². The number of aromatic nitrogens is 1. The molecule has 0 radical (unpaired) electrons. The Hall–Kier alpha value is -2.07. The molecular weight excluding hydrogens is 300 g/mol. The fraction of sp³-hybridized carbons (Fsp3) is 0.294. The first-order valence-electron chi connectivity index (χ1n) is 7.09. The van der Waals surface area contributed by atoms with Gasteiger partial charge in [0.25, 0.3) is 0 Å². The zero-order valence-electron chi connectivity index (χ0n) is 13.0. The molecule has 0 aliphatic carbocycles. The van der Waals surface area contributed by atoms with E-state index in [2.05, 4.69) is 5.32 Å². The van der Waals surface area contributed by atoms with Gasteiger partial charge in [0.2, 0.25) is 5.91 Å². The number of anilines is 1. The molecule has 0 fully saturated rings. The molecule has 0 saturated heterocycles. The molecule has 2 aromatic rings. The van der Waals surface area contributed by atoms with E-state index in [1.807, 2.05) is 49.0 Å². The van der Waals surface area contributed by atoms with Crippen molar-refractivity contribution in [3.63, 3.8) is 0 Å². The maximum Gasteiger partial charge on any atom is 0.230 e. The van der Waals surface area contributed by atoms with Gasteiger partial charge in [-0.2, -0.15) is 0 Å². The molecule has 1 heterocycles. The second-order valence-electron chi connectivity index (χ2n) is 5.21. The highest BCUT2D eigenvalue weighted by Crippen LogP contribution is 2.30. The Morgan fingerprint density at radius 1 is 1.27 bits per heavy atom. The fourth-order valence-corrected chi connectivity index (χ4v) is 2.21. The van der Waals surface area contributed by atoms with Gasteiger partial charge >= 0.3 is 0 Å². The summed E-state index contributed by atoms with van der Waals surface area (Å²) in [5, 5.41) is 3.49. The van der Waals surface area contributed by atoms with E-state index in [9.17, 15) is 4.79 Å². The summed E-state index contributed by atoms with van der Waals surface area (Å²) in [5.41, 5.74) is 2.73. The standard InChI is InChI=1S/C17H19ClN2O2/c1-12-4-7-20(8-5-12)9-6-17(21)19-15-10-13(2)14(18)11-16(15)22-3/h4-5,7-8,10-11H,6,9H2,1-3H3/p+1. The number of carbonyl (C=O) groups is 1. The van der Waals surface area contributed by atoms with Crippen LogP contribution in [0, 0.1) is 13.8 Å². The number of nitrogens with zero attached hydrogens (tertiary/aromatic N) is 1. The summed E-state index contributed by atoms with van der Waals surface area (Å²) in [6, 6.07) is 7.56. The first-order valence-corrected chi connectivity index (χ1v) is 7.47. The second-order valence-corrected chi connectivity index (χ2v) is 5.62. The maximum absolute atomic E-state index is 12.1. The molecule has 4 nitrogen and oxygen atoms in total. The van der Waals surface area contributed by atoms with Crippen LogP contribution in [0.15, 0.2) is 36.7 Å². The van der Waals surface area contributed by atoms with E-state index in [1.165, 1.54) is 5.56 Å². The van der Waals surface area contributed by atoms with Crippen LogP contribution < -0.4 is 14.6 Å². The summed E-state index contributed by atoms with van der Waals surface area (Å²) in [5.74, 6) is 0.500. The highest BCUT2D eigenvalue weighted by atomic mass is 35.5. The van der Waals surface area contributed by atoms with Crippen LogP contribution in [0.5, 0.6) is 5.75 Å². The summed E-state index contributed by atoms with van der Waals surface area (Å²) in [6.45, 7) is 4.55. The molecule has 2 rings (SSSR count). The number of rotatable bonds is 5.